The summed E-state index contributed by atoms with van der Waals surface area (Å²) in [5.74, 6) is 0.860. The summed E-state index contributed by atoms with van der Waals surface area (Å²) < 4.78 is 5.26. The predicted molar refractivity (Wildman–Crippen MR) is 77.8 cm³/mol. The molecule has 2 saturated carbocycles. The maximum atomic E-state index is 12.5. The van der Waals surface area contributed by atoms with E-state index in [4.69, 9.17) is 10.5 Å². The van der Waals surface area contributed by atoms with E-state index in [9.17, 15) is 9.59 Å². The van der Waals surface area contributed by atoms with Crippen molar-refractivity contribution in [3.05, 3.63) is 11.3 Å². The van der Waals surface area contributed by atoms with E-state index in [-0.39, 0.29) is 18.2 Å². The standard InChI is InChI=1S/C15H21N3O3/c1-9(19)8-17-12-7-10-6-11(10)13(12)14(16)15(20)18-2-4-21-5-3-18/h10-11H,2-8,16H2,1H3/b14-13-,17-12?. The van der Waals surface area contributed by atoms with Gasteiger partial charge in [-0.15, -0.1) is 0 Å². The summed E-state index contributed by atoms with van der Waals surface area (Å²) in [5, 5.41) is 0. The van der Waals surface area contributed by atoms with E-state index in [0.717, 1.165) is 24.1 Å². The van der Waals surface area contributed by atoms with Gasteiger partial charge in [-0.05, 0) is 31.6 Å². The van der Waals surface area contributed by atoms with Crippen LogP contribution in [0.1, 0.15) is 19.8 Å². The van der Waals surface area contributed by atoms with Gasteiger partial charge in [0.1, 0.15) is 5.70 Å². The minimum absolute atomic E-state index is 0.0282. The number of carbonyl (C=O) groups is 2. The zero-order valence-corrected chi connectivity index (χ0v) is 12.3. The lowest BCUT2D eigenvalue weighted by Gasteiger charge is -2.27. The summed E-state index contributed by atoms with van der Waals surface area (Å²) in [7, 11) is 0. The zero-order chi connectivity index (χ0) is 15.0. The highest BCUT2D eigenvalue weighted by Gasteiger charge is 2.50. The van der Waals surface area contributed by atoms with E-state index in [2.05, 4.69) is 4.99 Å². The molecule has 3 fully saturated rings. The molecular weight excluding hydrogens is 270 g/mol. The Morgan fingerprint density at radius 3 is 2.76 bits per heavy atom. The summed E-state index contributed by atoms with van der Waals surface area (Å²) in [4.78, 5) is 29.7. The largest absolute Gasteiger partial charge is 0.394 e. The van der Waals surface area contributed by atoms with Crippen LogP contribution in [0.15, 0.2) is 16.3 Å². The fourth-order valence-electron chi connectivity index (χ4n) is 3.16. The number of amides is 1. The number of ketones is 1. The van der Waals surface area contributed by atoms with Crippen molar-refractivity contribution in [3.8, 4) is 0 Å². The minimum atomic E-state index is -0.114. The molecule has 6 heteroatoms. The van der Waals surface area contributed by atoms with Crippen LogP contribution in [0.4, 0.5) is 0 Å². The molecule has 6 nitrogen and oxygen atoms in total. The van der Waals surface area contributed by atoms with Gasteiger partial charge in [0.15, 0.2) is 5.78 Å². The van der Waals surface area contributed by atoms with Gasteiger partial charge in [0.25, 0.3) is 5.91 Å². The van der Waals surface area contributed by atoms with Gasteiger partial charge in [0, 0.05) is 24.4 Å². The second kappa shape index (κ2) is 5.60. The molecule has 2 aliphatic carbocycles. The van der Waals surface area contributed by atoms with Crippen LogP contribution < -0.4 is 5.73 Å². The Bertz CT molecular complexity index is 532. The molecule has 0 bridgehead atoms. The zero-order valence-electron chi connectivity index (χ0n) is 12.3. The molecular formula is C15H21N3O3. The lowest BCUT2D eigenvalue weighted by molar-refractivity contribution is -0.131. The first-order valence-electron chi connectivity index (χ1n) is 7.47. The van der Waals surface area contributed by atoms with Crippen LogP contribution >= 0.6 is 0 Å². The highest BCUT2D eigenvalue weighted by atomic mass is 16.5. The molecule has 1 saturated heterocycles. The number of fused-ring (bicyclic) bond motifs is 1. The molecule has 0 aromatic rings. The third-order valence-corrected chi connectivity index (χ3v) is 4.37. The van der Waals surface area contributed by atoms with E-state index >= 15 is 0 Å². The second-order valence-corrected chi connectivity index (χ2v) is 6.00. The fourth-order valence-corrected chi connectivity index (χ4v) is 3.16. The summed E-state index contributed by atoms with van der Waals surface area (Å²) >= 11 is 0. The Hall–Kier alpha value is -1.69. The van der Waals surface area contributed by atoms with Gasteiger partial charge in [-0.3, -0.25) is 14.6 Å². The highest BCUT2D eigenvalue weighted by Crippen LogP contribution is 2.54. The van der Waals surface area contributed by atoms with Crippen molar-refractivity contribution in [2.24, 2.45) is 22.6 Å². The first-order chi connectivity index (χ1) is 10.1. The molecule has 3 rings (SSSR count). The third kappa shape index (κ3) is 2.85. The van der Waals surface area contributed by atoms with Crippen molar-refractivity contribution in [1.82, 2.24) is 4.90 Å². The van der Waals surface area contributed by atoms with Gasteiger partial charge < -0.3 is 15.4 Å². The van der Waals surface area contributed by atoms with Gasteiger partial charge >= 0.3 is 0 Å². The normalized spacial score (nSPS) is 32.0. The average molecular weight is 291 g/mol. The van der Waals surface area contributed by atoms with Crippen LogP contribution in [0.2, 0.25) is 0 Å². The molecule has 114 valence electrons. The molecule has 1 aliphatic heterocycles. The molecule has 1 amide bonds. The number of morpholine rings is 1. The molecule has 1 heterocycles. The van der Waals surface area contributed by atoms with Crippen LogP contribution in [0.3, 0.4) is 0 Å². The minimum Gasteiger partial charge on any atom is -0.394 e. The number of rotatable bonds is 3. The molecule has 0 spiro atoms. The predicted octanol–water partition coefficient (Wildman–Crippen LogP) is 0.128. The number of hydrogen-bond acceptors (Lipinski definition) is 5. The quantitative estimate of drug-likeness (QED) is 0.749. The number of nitrogens with two attached hydrogens (primary N) is 1. The van der Waals surface area contributed by atoms with Crippen molar-refractivity contribution in [1.29, 1.82) is 0 Å². The summed E-state index contributed by atoms with van der Waals surface area (Å²) in [6.45, 7) is 3.99. The van der Waals surface area contributed by atoms with E-state index in [1.165, 1.54) is 6.92 Å². The smallest absolute Gasteiger partial charge is 0.270 e. The topological polar surface area (TPSA) is 85.0 Å². The van der Waals surface area contributed by atoms with E-state index in [0.29, 0.717) is 43.8 Å². The molecule has 2 N–H and O–H groups in total. The maximum Gasteiger partial charge on any atom is 0.270 e. The molecule has 0 aromatic carbocycles. The van der Waals surface area contributed by atoms with Gasteiger partial charge in [0.05, 0.1) is 19.8 Å². The molecule has 2 unspecified atom stereocenters. The van der Waals surface area contributed by atoms with Crippen molar-refractivity contribution in [2.45, 2.75) is 19.8 Å². The van der Waals surface area contributed by atoms with Crippen LogP contribution in [0.5, 0.6) is 0 Å². The van der Waals surface area contributed by atoms with Crippen LogP contribution in [-0.4, -0.2) is 55.2 Å². The Labute approximate surface area is 124 Å². The van der Waals surface area contributed by atoms with Crippen LogP contribution in [-0.2, 0) is 14.3 Å². The summed E-state index contributed by atoms with van der Waals surface area (Å²) in [5.41, 5.74) is 8.24. The third-order valence-electron chi connectivity index (χ3n) is 4.37. The van der Waals surface area contributed by atoms with Gasteiger partial charge in [-0.2, -0.15) is 0 Å². The molecule has 0 radical (unpaired) electrons. The van der Waals surface area contributed by atoms with Crippen LogP contribution in [0.25, 0.3) is 0 Å². The van der Waals surface area contributed by atoms with E-state index in [1.807, 2.05) is 0 Å². The Kier molecular flexibility index (Phi) is 3.80. The van der Waals surface area contributed by atoms with Crippen molar-refractivity contribution >= 4 is 17.4 Å². The lowest BCUT2D eigenvalue weighted by Crippen LogP contribution is -2.43. The SMILES string of the molecule is CC(=O)CN=C1CC2CC2/C1=C(/N)C(=O)N1CCOCC1. The number of hydrogen-bond donors (Lipinski definition) is 1. The summed E-state index contributed by atoms with van der Waals surface area (Å²) in [6.07, 6.45) is 1.94. The molecule has 2 atom stereocenters. The van der Waals surface area contributed by atoms with Crippen molar-refractivity contribution in [3.63, 3.8) is 0 Å². The number of allylic oxidation sites excluding steroid dienone is 1. The highest BCUT2D eigenvalue weighted by molar-refractivity contribution is 6.11. The molecule has 21 heavy (non-hydrogen) atoms. The lowest BCUT2D eigenvalue weighted by atomic mass is 10.1. The van der Waals surface area contributed by atoms with Crippen molar-refractivity contribution < 1.29 is 14.3 Å². The number of nitrogens with zero attached hydrogens (tertiary/aromatic N) is 2. The number of ether oxygens (including phenoxy) is 1. The molecule has 0 aromatic heterocycles. The first-order valence-corrected chi connectivity index (χ1v) is 7.47. The monoisotopic (exact) mass is 291 g/mol. The fraction of sp³-hybridized carbons (Fsp3) is 0.667. The van der Waals surface area contributed by atoms with E-state index < -0.39 is 0 Å². The van der Waals surface area contributed by atoms with Gasteiger partial charge in [-0.1, -0.05) is 0 Å². The Morgan fingerprint density at radius 1 is 1.38 bits per heavy atom. The van der Waals surface area contributed by atoms with E-state index in [1.54, 1.807) is 4.90 Å². The van der Waals surface area contributed by atoms with Crippen molar-refractivity contribution in [2.75, 3.05) is 32.8 Å². The second-order valence-electron chi connectivity index (χ2n) is 6.00. The number of carbonyl (C=O) groups excluding carboxylic acids is 2. The maximum absolute atomic E-state index is 12.5. The molecule has 3 aliphatic rings. The van der Waals surface area contributed by atoms with Crippen LogP contribution in [0, 0.1) is 11.8 Å². The van der Waals surface area contributed by atoms with Gasteiger partial charge in [0.2, 0.25) is 0 Å². The first kappa shape index (κ1) is 14.3. The van der Waals surface area contributed by atoms with Gasteiger partial charge in [-0.25, -0.2) is 0 Å². The summed E-state index contributed by atoms with van der Waals surface area (Å²) in [6, 6.07) is 0. The Balaban J connectivity index is 1.81. The average Bonchev–Trinajstić information content (AvgIpc) is 3.15. The number of aliphatic imine (C=N–C) groups is 1. The number of Topliss-reactive ketones (excluding diaryl/α,β-unsaturated/α-hetero) is 1. The Morgan fingerprint density at radius 2 is 2.10 bits per heavy atom.